The van der Waals surface area contributed by atoms with Gasteiger partial charge in [-0.25, -0.2) is 14.8 Å². The Hall–Kier alpha value is -2.06. The van der Waals surface area contributed by atoms with Crippen molar-refractivity contribution < 1.29 is 23.1 Å². The molecule has 1 aromatic carbocycles. The summed E-state index contributed by atoms with van der Waals surface area (Å²) in [6.07, 6.45) is -4.31. The molecule has 0 saturated carbocycles. The Morgan fingerprint density at radius 3 is 2.57 bits per heavy atom. The molecule has 2 N–H and O–H groups in total. The second kappa shape index (κ2) is 6.59. The standard InChI is InChI=1S/C13H8Cl2F3N3O2/c14-7-2-1-6(9(15)3-7)4-19-12-20-5-8(11(22)23)10(21-12)13(16,17)18/h1-3,5H,4H2,(H,22,23)(H,19,20,21). The molecule has 0 radical (unpaired) electrons. The lowest BCUT2D eigenvalue weighted by molar-refractivity contribution is -0.141. The predicted molar refractivity (Wildman–Crippen MR) is 77.8 cm³/mol. The summed E-state index contributed by atoms with van der Waals surface area (Å²) in [5, 5.41) is 12.1. The normalized spacial score (nSPS) is 11.3. The van der Waals surface area contributed by atoms with E-state index in [0.29, 0.717) is 21.8 Å². The van der Waals surface area contributed by atoms with Crippen LogP contribution in [0.5, 0.6) is 0 Å². The van der Waals surface area contributed by atoms with Crippen molar-refractivity contribution in [1.82, 2.24) is 9.97 Å². The van der Waals surface area contributed by atoms with Crippen LogP contribution in [0.15, 0.2) is 24.4 Å². The van der Waals surface area contributed by atoms with Crippen LogP contribution in [0.25, 0.3) is 0 Å². The molecule has 2 rings (SSSR count). The molecule has 0 amide bonds. The van der Waals surface area contributed by atoms with Crippen molar-refractivity contribution in [2.75, 3.05) is 5.32 Å². The summed E-state index contributed by atoms with van der Waals surface area (Å²) in [7, 11) is 0. The van der Waals surface area contributed by atoms with Gasteiger partial charge in [-0.2, -0.15) is 13.2 Å². The first-order valence-corrected chi connectivity index (χ1v) is 6.79. The minimum absolute atomic E-state index is 0.0414. The third kappa shape index (κ3) is 4.23. The second-order valence-electron chi connectivity index (χ2n) is 4.35. The number of carbonyl (C=O) groups is 1. The van der Waals surface area contributed by atoms with E-state index in [9.17, 15) is 18.0 Å². The van der Waals surface area contributed by atoms with Crippen LogP contribution < -0.4 is 5.32 Å². The molecule has 2 aromatic rings. The molecule has 0 saturated heterocycles. The first-order valence-electron chi connectivity index (χ1n) is 6.04. The van der Waals surface area contributed by atoms with Gasteiger partial charge >= 0.3 is 12.1 Å². The summed E-state index contributed by atoms with van der Waals surface area (Å²) >= 11 is 11.7. The number of nitrogens with zero attached hydrogens (tertiary/aromatic N) is 2. The number of alkyl halides is 3. The van der Waals surface area contributed by atoms with Crippen molar-refractivity contribution >= 4 is 35.1 Å². The maximum Gasteiger partial charge on any atom is 0.434 e. The van der Waals surface area contributed by atoms with Crippen LogP contribution >= 0.6 is 23.2 Å². The molecule has 1 heterocycles. The van der Waals surface area contributed by atoms with Crippen LogP contribution in [-0.2, 0) is 12.7 Å². The first kappa shape index (κ1) is 17.3. The number of hydrogen-bond acceptors (Lipinski definition) is 4. The van der Waals surface area contributed by atoms with Crippen molar-refractivity contribution in [3.05, 3.63) is 51.3 Å². The minimum Gasteiger partial charge on any atom is -0.478 e. The van der Waals surface area contributed by atoms with Gasteiger partial charge in [0.15, 0.2) is 5.69 Å². The molecule has 0 aliphatic heterocycles. The van der Waals surface area contributed by atoms with Crippen molar-refractivity contribution in [1.29, 1.82) is 0 Å². The van der Waals surface area contributed by atoms with Gasteiger partial charge in [0, 0.05) is 22.8 Å². The SMILES string of the molecule is O=C(O)c1cnc(NCc2ccc(Cl)cc2Cl)nc1C(F)(F)F. The Balaban J connectivity index is 2.25. The van der Waals surface area contributed by atoms with E-state index in [2.05, 4.69) is 15.3 Å². The number of carboxylic acids is 1. The molecule has 0 bridgehead atoms. The van der Waals surface area contributed by atoms with Crippen LogP contribution in [0, 0.1) is 0 Å². The molecule has 10 heteroatoms. The number of hydrogen-bond donors (Lipinski definition) is 2. The molecular formula is C13H8Cl2F3N3O2. The lowest BCUT2D eigenvalue weighted by atomic mass is 10.2. The van der Waals surface area contributed by atoms with Crippen molar-refractivity contribution in [2.24, 2.45) is 0 Å². The van der Waals surface area contributed by atoms with Gasteiger partial charge in [0.2, 0.25) is 5.95 Å². The molecule has 0 aliphatic carbocycles. The fraction of sp³-hybridized carbons (Fsp3) is 0.154. The molecule has 23 heavy (non-hydrogen) atoms. The topological polar surface area (TPSA) is 75.1 Å². The monoisotopic (exact) mass is 365 g/mol. The lowest BCUT2D eigenvalue weighted by Gasteiger charge is -2.12. The smallest absolute Gasteiger partial charge is 0.434 e. The summed E-state index contributed by atoms with van der Waals surface area (Å²) in [5.74, 6) is -2.13. The lowest BCUT2D eigenvalue weighted by Crippen LogP contribution is -2.18. The Kier molecular flexibility index (Phi) is 4.96. The average molecular weight is 366 g/mol. The van der Waals surface area contributed by atoms with Gasteiger partial charge in [-0.3, -0.25) is 0 Å². The number of halogens is 5. The third-order valence-electron chi connectivity index (χ3n) is 2.74. The number of rotatable bonds is 4. The van der Waals surface area contributed by atoms with Gasteiger partial charge in [0.05, 0.1) is 0 Å². The van der Waals surface area contributed by atoms with Crippen molar-refractivity contribution in [2.45, 2.75) is 12.7 Å². The fourth-order valence-corrected chi connectivity index (χ4v) is 2.15. The highest BCUT2D eigenvalue weighted by Crippen LogP contribution is 2.31. The van der Waals surface area contributed by atoms with Gasteiger partial charge in [0.1, 0.15) is 5.56 Å². The fourth-order valence-electron chi connectivity index (χ4n) is 1.68. The summed E-state index contributed by atoms with van der Waals surface area (Å²) in [4.78, 5) is 17.6. The number of aromatic nitrogens is 2. The average Bonchev–Trinajstić information content (AvgIpc) is 2.45. The second-order valence-corrected chi connectivity index (χ2v) is 5.19. The third-order valence-corrected chi connectivity index (χ3v) is 3.33. The van der Waals surface area contributed by atoms with Crippen molar-refractivity contribution in [3.8, 4) is 0 Å². The van der Waals surface area contributed by atoms with Gasteiger partial charge in [-0.15, -0.1) is 0 Å². The van der Waals surface area contributed by atoms with E-state index < -0.39 is 23.4 Å². The maximum absolute atomic E-state index is 12.8. The van der Waals surface area contributed by atoms with E-state index in [-0.39, 0.29) is 12.5 Å². The quantitative estimate of drug-likeness (QED) is 0.852. The molecule has 0 spiro atoms. The molecule has 1 aromatic heterocycles. The van der Waals surface area contributed by atoms with E-state index in [4.69, 9.17) is 28.3 Å². The van der Waals surface area contributed by atoms with Crippen molar-refractivity contribution in [3.63, 3.8) is 0 Å². The summed E-state index contributed by atoms with van der Waals surface area (Å²) < 4.78 is 38.5. The van der Waals surface area contributed by atoms with Gasteiger partial charge in [-0.1, -0.05) is 29.3 Å². The zero-order valence-electron chi connectivity index (χ0n) is 11.2. The molecule has 0 aliphatic rings. The first-order chi connectivity index (χ1) is 10.7. The van der Waals surface area contributed by atoms with Crippen LogP contribution in [0.1, 0.15) is 21.6 Å². The van der Waals surface area contributed by atoms with Gasteiger partial charge < -0.3 is 10.4 Å². The van der Waals surface area contributed by atoms with Crippen LogP contribution in [0.4, 0.5) is 19.1 Å². The molecule has 5 nitrogen and oxygen atoms in total. The Morgan fingerprint density at radius 2 is 2.00 bits per heavy atom. The highest BCUT2D eigenvalue weighted by atomic mass is 35.5. The van der Waals surface area contributed by atoms with E-state index in [1.807, 2.05) is 0 Å². The molecule has 0 unspecified atom stereocenters. The van der Waals surface area contributed by atoms with Crippen LogP contribution in [0.2, 0.25) is 10.0 Å². The highest BCUT2D eigenvalue weighted by molar-refractivity contribution is 6.35. The summed E-state index contributed by atoms with van der Waals surface area (Å²) in [5.41, 5.74) is -1.98. The number of benzene rings is 1. The largest absolute Gasteiger partial charge is 0.478 e. The highest BCUT2D eigenvalue weighted by Gasteiger charge is 2.38. The molecule has 122 valence electrons. The minimum atomic E-state index is -4.91. The zero-order chi connectivity index (χ0) is 17.2. The Bertz CT molecular complexity index is 754. The number of nitrogens with one attached hydrogen (secondary N) is 1. The summed E-state index contributed by atoms with van der Waals surface area (Å²) in [6, 6.07) is 4.64. The summed E-state index contributed by atoms with van der Waals surface area (Å²) in [6.45, 7) is 0.0414. The zero-order valence-corrected chi connectivity index (χ0v) is 12.7. The van der Waals surface area contributed by atoms with E-state index in [1.54, 1.807) is 12.1 Å². The maximum atomic E-state index is 12.8. The predicted octanol–water partition coefficient (Wildman–Crippen LogP) is 4.11. The van der Waals surface area contributed by atoms with E-state index in [0.717, 1.165) is 0 Å². The van der Waals surface area contributed by atoms with E-state index in [1.165, 1.54) is 6.07 Å². The molecule has 0 atom stereocenters. The van der Waals surface area contributed by atoms with Gasteiger partial charge in [0.25, 0.3) is 0 Å². The molecule has 0 fully saturated rings. The van der Waals surface area contributed by atoms with Crippen LogP contribution in [0.3, 0.4) is 0 Å². The van der Waals surface area contributed by atoms with Crippen LogP contribution in [-0.4, -0.2) is 21.0 Å². The Labute approximate surface area is 138 Å². The number of aromatic carboxylic acids is 1. The number of anilines is 1. The Morgan fingerprint density at radius 1 is 1.30 bits per heavy atom. The molecular weight excluding hydrogens is 358 g/mol. The van der Waals surface area contributed by atoms with Gasteiger partial charge in [-0.05, 0) is 17.7 Å². The van der Waals surface area contributed by atoms with E-state index >= 15 is 0 Å². The number of carboxylic acid groups (broad SMARTS) is 1.